The van der Waals surface area contributed by atoms with E-state index in [0.29, 0.717) is 6.54 Å². The molecule has 0 radical (unpaired) electrons. The highest BCUT2D eigenvalue weighted by Crippen LogP contribution is 2.34. The summed E-state index contributed by atoms with van der Waals surface area (Å²) in [5.41, 5.74) is 5.87. The van der Waals surface area contributed by atoms with Crippen molar-refractivity contribution in [1.29, 1.82) is 0 Å². The molecule has 2 aliphatic rings. The molecule has 3 atom stereocenters. The van der Waals surface area contributed by atoms with Gasteiger partial charge in [0.15, 0.2) is 0 Å². The molecule has 0 aromatic carbocycles. The molecule has 0 aromatic rings. The summed E-state index contributed by atoms with van der Waals surface area (Å²) in [6, 6.07) is 0.0989. The molecular weight excluding hydrogens is 216 g/mol. The Morgan fingerprint density at radius 3 is 3.00 bits per heavy atom. The number of ether oxygens (including phenoxy) is 1. The van der Waals surface area contributed by atoms with Crippen LogP contribution in [0.5, 0.6) is 0 Å². The summed E-state index contributed by atoms with van der Waals surface area (Å²) in [5.74, 6) is 0.402. The Morgan fingerprint density at radius 1 is 1.65 bits per heavy atom. The quantitative estimate of drug-likeness (QED) is 0.805. The molecule has 17 heavy (non-hydrogen) atoms. The summed E-state index contributed by atoms with van der Waals surface area (Å²) in [4.78, 5) is 14.2. The van der Waals surface area contributed by atoms with Crippen molar-refractivity contribution in [3.05, 3.63) is 0 Å². The molecule has 0 aromatic heterocycles. The molecule has 2 heterocycles. The van der Waals surface area contributed by atoms with Gasteiger partial charge in [-0.15, -0.1) is 0 Å². The molecule has 4 nitrogen and oxygen atoms in total. The van der Waals surface area contributed by atoms with Gasteiger partial charge >= 0.3 is 0 Å². The average Bonchev–Trinajstić information content (AvgIpc) is 2.88. The van der Waals surface area contributed by atoms with Crippen LogP contribution >= 0.6 is 0 Å². The second-order valence-electron chi connectivity index (χ2n) is 5.51. The van der Waals surface area contributed by atoms with Gasteiger partial charge in [0, 0.05) is 25.1 Å². The van der Waals surface area contributed by atoms with Gasteiger partial charge in [-0.3, -0.25) is 4.79 Å². The fourth-order valence-corrected chi connectivity index (χ4v) is 3.04. The van der Waals surface area contributed by atoms with Crippen molar-refractivity contribution in [3.8, 4) is 0 Å². The molecule has 4 heteroatoms. The predicted octanol–water partition coefficient (Wildman–Crippen LogP) is 1.14. The average molecular weight is 240 g/mol. The van der Waals surface area contributed by atoms with Crippen LogP contribution in [0, 0.1) is 5.92 Å². The Morgan fingerprint density at radius 2 is 2.41 bits per heavy atom. The molecule has 1 spiro atoms. The first-order valence-electron chi connectivity index (χ1n) is 6.77. The van der Waals surface area contributed by atoms with Crippen molar-refractivity contribution >= 4 is 5.91 Å². The zero-order valence-corrected chi connectivity index (χ0v) is 10.9. The minimum atomic E-state index is -0.235. The van der Waals surface area contributed by atoms with E-state index in [1.807, 2.05) is 11.8 Å². The monoisotopic (exact) mass is 240 g/mol. The number of hydrogen-bond acceptors (Lipinski definition) is 3. The number of likely N-dealkylation sites (tertiary alicyclic amines) is 1. The molecule has 2 N–H and O–H groups in total. The molecule has 98 valence electrons. The minimum Gasteiger partial charge on any atom is -0.371 e. The number of carbonyl (C=O) groups excluding carboxylic acids is 1. The van der Waals surface area contributed by atoms with Crippen LogP contribution in [-0.2, 0) is 9.53 Å². The van der Waals surface area contributed by atoms with Crippen LogP contribution < -0.4 is 5.73 Å². The molecule has 2 aliphatic heterocycles. The maximum Gasteiger partial charge on any atom is 0.225 e. The number of carbonyl (C=O) groups is 1. The summed E-state index contributed by atoms with van der Waals surface area (Å²) >= 11 is 0. The lowest BCUT2D eigenvalue weighted by atomic mass is 9.94. The van der Waals surface area contributed by atoms with Crippen LogP contribution in [0.3, 0.4) is 0 Å². The Kier molecular flexibility index (Phi) is 3.73. The number of rotatable bonds is 3. The van der Waals surface area contributed by atoms with Crippen LogP contribution in [0.15, 0.2) is 0 Å². The molecule has 2 fully saturated rings. The zero-order chi connectivity index (χ0) is 12.5. The third kappa shape index (κ3) is 2.33. The van der Waals surface area contributed by atoms with Gasteiger partial charge in [0.2, 0.25) is 5.91 Å². The van der Waals surface area contributed by atoms with E-state index in [9.17, 15) is 4.79 Å². The summed E-state index contributed by atoms with van der Waals surface area (Å²) < 4.78 is 5.81. The van der Waals surface area contributed by atoms with Gasteiger partial charge < -0.3 is 15.4 Å². The lowest BCUT2D eigenvalue weighted by Gasteiger charge is -2.28. The van der Waals surface area contributed by atoms with Crippen molar-refractivity contribution in [2.75, 3.05) is 19.7 Å². The zero-order valence-electron chi connectivity index (χ0n) is 10.9. The lowest BCUT2D eigenvalue weighted by Crippen LogP contribution is -2.48. The standard InChI is InChI=1S/C13H24N2O2/c1-3-4-10(2)12(16)15-7-6-13(9-15)11(14)5-8-17-13/h10-11H,3-9,14H2,1-2H3. The SMILES string of the molecule is CCCC(C)C(=O)N1CCC2(C1)OCCC2N. The normalized spacial score (nSPS) is 34.5. The van der Waals surface area contributed by atoms with Crippen LogP contribution in [0.2, 0.25) is 0 Å². The van der Waals surface area contributed by atoms with E-state index in [2.05, 4.69) is 6.92 Å². The Bertz CT molecular complexity index is 295. The highest BCUT2D eigenvalue weighted by molar-refractivity contribution is 5.79. The van der Waals surface area contributed by atoms with Crippen molar-refractivity contribution < 1.29 is 9.53 Å². The van der Waals surface area contributed by atoms with Gasteiger partial charge in [0.1, 0.15) is 5.60 Å². The van der Waals surface area contributed by atoms with E-state index >= 15 is 0 Å². The molecule has 0 saturated carbocycles. The Hall–Kier alpha value is -0.610. The lowest BCUT2D eigenvalue weighted by molar-refractivity contribution is -0.135. The summed E-state index contributed by atoms with van der Waals surface area (Å²) in [7, 11) is 0. The van der Waals surface area contributed by atoms with Crippen molar-refractivity contribution in [1.82, 2.24) is 4.90 Å². The molecule has 2 rings (SSSR count). The first kappa shape index (κ1) is 12.8. The number of nitrogens with zero attached hydrogens (tertiary/aromatic N) is 1. The van der Waals surface area contributed by atoms with Crippen molar-refractivity contribution in [2.24, 2.45) is 11.7 Å². The number of nitrogens with two attached hydrogens (primary N) is 1. The smallest absolute Gasteiger partial charge is 0.225 e. The summed E-state index contributed by atoms with van der Waals surface area (Å²) in [6.45, 7) is 6.38. The van der Waals surface area contributed by atoms with Crippen LogP contribution in [0.4, 0.5) is 0 Å². The van der Waals surface area contributed by atoms with Crippen molar-refractivity contribution in [3.63, 3.8) is 0 Å². The largest absolute Gasteiger partial charge is 0.371 e. The Labute approximate surface area is 103 Å². The summed E-state index contributed by atoms with van der Waals surface area (Å²) in [5, 5.41) is 0. The van der Waals surface area contributed by atoms with Gasteiger partial charge in [-0.2, -0.15) is 0 Å². The maximum absolute atomic E-state index is 12.2. The van der Waals surface area contributed by atoms with Gasteiger partial charge in [0.25, 0.3) is 0 Å². The molecule has 2 saturated heterocycles. The van der Waals surface area contributed by atoms with Crippen LogP contribution in [0.25, 0.3) is 0 Å². The minimum absolute atomic E-state index is 0.0989. The van der Waals surface area contributed by atoms with E-state index in [4.69, 9.17) is 10.5 Å². The molecular formula is C13H24N2O2. The van der Waals surface area contributed by atoms with Gasteiger partial charge in [-0.1, -0.05) is 20.3 Å². The first-order chi connectivity index (χ1) is 8.09. The third-order valence-electron chi connectivity index (χ3n) is 4.21. The second-order valence-corrected chi connectivity index (χ2v) is 5.51. The highest BCUT2D eigenvalue weighted by atomic mass is 16.5. The highest BCUT2D eigenvalue weighted by Gasteiger charge is 2.48. The first-order valence-corrected chi connectivity index (χ1v) is 6.77. The molecule has 0 bridgehead atoms. The summed E-state index contributed by atoms with van der Waals surface area (Å²) in [6.07, 6.45) is 3.85. The van der Waals surface area contributed by atoms with Crippen LogP contribution in [-0.4, -0.2) is 42.1 Å². The third-order valence-corrected chi connectivity index (χ3v) is 4.21. The van der Waals surface area contributed by atoms with E-state index in [0.717, 1.165) is 38.8 Å². The number of hydrogen-bond donors (Lipinski definition) is 1. The second kappa shape index (κ2) is 4.94. The fourth-order valence-electron chi connectivity index (χ4n) is 3.04. The van der Waals surface area contributed by atoms with Crippen LogP contribution in [0.1, 0.15) is 39.5 Å². The molecule has 0 aliphatic carbocycles. The van der Waals surface area contributed by atoms with E-state index in [1.165, 1.54) is 0 Å². The molecule has 1 amide bonds. The Balaban J connectivity index is 1.95. The van der Waals surface area contributed by atoms with E-state index in [1.54, 1.807) is 0 Å². The topological polar surface area (TPSA) is 55.6 Å². The fraction of sp³-hybridized carbons (Fsp3) is 0.923. The van der Waals surface area contributed by atoms with E-state index in [-0.39, 0.29) is 23.5 Å². The van der Waals surface area contributed by atoms with Gasteiger partial charge in [0.05, 0.1) is 6.54 Å². The van der Waals surface area contributed by atoms with Gasteiger partial charge in [-0.25, -0.2) is 0 Å². The van der Waals surface area contributed by atoms with Crippen molar-refractivity contribution in [2.45, 2.75) is 51.2 Å². The van der Waals surface area contributed by atoms with Gasteiger partial charge in [-0.05, 0) is 19.3 Å². The molecule has 3 unspecified atom stereocenters. The number of amides is 1. The predicted molar refractivity (Wildman–Crippen MR) is 66.5 cm³/mol. The van der Waals surface area contributed by atoms with E-state index < -0.39 is 0 Å². The maximum atomic E-state index is 12.2.